The molecule has 1 aliphatic heterocycles. The third-order valence-electron chi connectivity index (χ3n) is 15.2. The maximum Gasteiger partial charge on any atom is 0.137 e. The van der Waals surface area contributed by atoms with Gasteiger partial charge in [0.25, 0.3) is 0 Å². The molecule has 330 valence electrons. The minimum absolute atomic E-state index is 0.778. The van der Waals surface area contributed by atoms with E-state index in [1.165, 1.54) is 26.9 Å². The predicted octanol–water partition coefficient (Wildman–Crippen LogP) is 15.3. The summed E-state index contributed by atoms with van der Waals surface area (Å²) >= 11 is 0. The molecule has 0 bridgehead atoms. The zero-order chi connectivity index (χ0) is 46.4. The predicted molar refractivity (Wildman–Crippen MR) is 286 cm³/mol. The van der Waals surface area contributed by atoms with Gasteiger partial charge in [0.2, 0.25) is 0 Å². The Morgan fingerprint density at radius 2 is 0.859 bits per heavy atom. The number of aromatic nitrogens is 6. The van der Waals surface area contributed by atoms with E-state index < -0.39 is 5.41 Å². The largest absolute Gasteiger partial charge is 0.457 e. The highest BCUT2D eigenvalue weighted by Crippen LogP contribution is 2.62. The lowest BCUT2D eigenvalue weighted by Crippen LogP contribution is -2.32. The number of hydrogen-bond acceptors (Lipinski definition) is 4. The molecule has 1 atom stereocenters. The number of para-hydroxylation sites is 6. The summed E-state index contributed by atoms with van der Waals surface area (Å²) in [6, 6.07) is 76.1. The zero-order valence-electron chi connectivity index (χ0n) is 38.0. The van der Waals surface area contributed by atoms with E-state index in [0.717, 1.165) is 112 Å². The molecule has 1 unspecified atom stereocenters. The Balaban J connectivity index is 0.874. The molecule has 6 aromatic heterocycles. The molecule has 0 radical (unpaired) electrons. The average molecular weight is 907 g/mol. The van der Waals surface area contributed by atoms with Crippen LogP contribution in [-0.2, 0) is 5.41 Å². The minimum Gasteiger partial charge on any atom is -0.457 e. The quantitative estimate of drug-likeness (QED) is 0.176. The molecular formula is C64H38N6O. The van der Waals surface area contributed by atoms with Gasteiger partial charge in [0.1, 0.15) is 17.3 Å². The normalized spacial score (nSPS) is 14.6. The van der Waals surface area contributed by atoms with Crippen molar-refractivity contribution in [2.24, 2.45) is 0 Å². The Morgan fingerprint density at radius 1 is 0.324 bits per heavy atom. The molecule has 7 heterocycles. The van der Waals surface area contributed by atoms with Crippen LogP contribution in [0.3, 0.4) is 0 Å². The molecule has 7 nitrogen and oxygen atoms in total. The summed E-state index contributed by atoms with van der Waals surface area (Å²) in [6.45, 7) is 0. The highest BCUT2D eigenvalue weighted by Gasteiger charge is 2.52. The van der Waals surface area contributed by atoms with Crippen LogP contribution in [-0.4, -0.2) is 28.7 Å². The Kier molecular flexibility index (Phi) is 7.69. The molecule has 0 amide bonds. The number of benzene rings is 8. The molecule has 2 aliphatic rings. The third-order valence-corrected chi connectivity index (χ3v) is 15.2. The first-order valence-electron chi connectivity index (χ1n) is 24.1. The molecule has 1 aliphatic carbocycles. The van der Waals surface area contributed by atoms with Gasteiger partial charge in [-0.15, -0.1) is 0 Å². The van der Waals surface area contributed by atoms with Gasteiger partial charge in [0.15, 0.2) is 0 Å². The SMILES string of the molecule is c1ccc2c(c1)Oc1ccc(-n3c4ccccc4c4ccccc43)cc1C21c2cccnc2-c2ncc(-c3ccc4c(c3)c3ccccc3n4-c3ccc(-n4c5ccccc5c5ccccc54)nc3)cc21. The topological polar surface area (TPSA) is 62.7 Å². The molecule has 0 saturated carbocycles. The van der Waals surface area contributed by atoms with Gasteiger partial charge in [-0.25, -0.2) is 4.98 Å². The maximum absolute atomic E-state index is 6.89. The van der Waals surface area contributed by atoms with Gasteiger partial charge in [-0.3, -0.25) is 14.5 Å². The molecule has 0 fully saturated rings. The first-order valence-corrected chi connectivity index (χ1v) is 24.1. The number of hydrogen-bond donors (Lipinski definition) is 0. The second-order valence-electron chi connectivity index (χ2n) is 18.7. The van der Waals surface area contributed by atoms with E-state index in [0.29, 0.717) is 0 Å². The highest BCUT2D eigenvalue weighted by molar-refractivity contribution is 6.12. The Morgan fingerprint density at radius 3 is 1.52 bits per heavy atom. The molecule has 7 heteroatoms. The Bertz CT molecular complexity index is 4470. The second kappa shape index (κ2) is 14.2. The first kappa shape index (κ1) is 38.4. The summed E-state index contributed by atoms with van der Waals surface area (Å²) in [5.74, 6) is 2.52. The van der Waals surface area contributed by atoms with E-state index in [1.807, 2.05) is 18.6 Å². The van der Waals surface area contributed by atoms with Gasteiger partial charge in [-0.2, -0.15) is 0 Å². The van der Waals surface area contributed by atoms with Crippen molar-refractivity contribution in [3.63, 3.8) is 0 Å². The zero-order valence-corrected chi connectivity index (χ0v) is 38.0. The Labute approximate surface area is 406 Å². The number of rotatable bonds is 4. The van der Waals surface area contributed by atoms with E-state index in [-0.39, 0.29) is 0 Å². The summed E-state index contributed by atoms with van der Waals surface area (Å²) in [5, 5.41) is 7.20. The molecule has 0 N–H and O–H groups in total. The Hall–Kier alpha value is -9.59. The summed E-state index contributed by atoms with van der Waals surface area (Å²) in [4.78, 5) is 15.6. The molecule has 14 aromatic rings. The lowest BCUT2D eigenvalue weighted by atomic mass is 9.66. The van der Waals surface area contributed by atoms with Gasteiger partial charge in [-0.05, 0) is 102 Å². The molecule has 71 heavy (non-hydrogen) atoms. The molecule has 1 spiro atoms. The van der Waals surface area contributed by atoms with Crippen molar-refractivity contribution in [2.75, 3.05) is 0 Å². The molecule has 8 aromatic carbocycles. The van der Waals surface area contributed by atoms with E-state index in [4.69, 9.17) is 19.7 Å². The second-order valence-corrected chi connectivity index (χ2v) is 18.7. The van der Waals surface area contributed by atoms with Crippen molar-refractivity contribution in [1.29, 1.82) is 0 Å². The van der Waals surface area contributed by atoms with Gasteiger partial charge in [-0.1, -0.05) is 121 Å². The van der Waals surface area contributed by atoms with E-state index in [2.05, 4.69) is 226 Å². The summed E-state index contributed by atoms with van der Waals surface area (Å²) in [7, 11) is 0. The van der Waals surface area contributed by atoms with Crippen molar-refractivity contribution < 1.29 is 4.74 Å². The highest BCUT2D eigenvalue weighted by atomic mass is 16.5. The van der Waals surface area contributed by atoms with Crippen molar-refractivity contribution in [2.45, 2.75) is 5.41 Å². The summed E-state index contributed by atoms with van der Waals surface area (Å²) in [5.41, 5.74) is 16.2. The monoisotopic (exact) mass is 906 g/mol. The average Bonchev–Trinajstić information content (AvgIpc) is 4.15. The van der Waals surface area contributed by atoms with Crippen LogP contribution in [0, 0.1) is 0 Å². The van der Waals surface area contributed by atoms with Crippen LogP contribution >= 0.6 is 0 Å². The fourth-order valence-electron chi connectivity index (χ4n) is 12.3. The number of ether oxygens (including phenoxy) is 1. The minimum atomic E-state index is -0.778. The van der Waals surface area contributed by atoms with Crippen LogP contribution in [0.15, 0.2) is 231 Å². The smallest absolute Gasteiger partial charge is 0.137 e. The first-order chi connectivity index (χ1) is 35.2. The van der Waals surface area contributed by atoms with E-state index in [9.17, 15) is 0 Å². The lowest BCUT2D eigenvalue weighted by molar-refractivity contribution is 0.436. The lowest BCUT2D eigenvalue weighted by Gasteiger charge is -2.39. The maximum atomic E-state index is 6.89. The number of nitrogens with zero attached hydrogens (tertiary/aromatic N) is 6. The van der Waals surface area contributed by atoms with Crippen LogP contribution in [0.1, 0.15) is 22.3 Å². The van der Waals surface area contributed by atoms with Crippen molar-refractivity contribution >= 4 is 65.4 Å². The number of pyridine rings is 3. The van der Waals surface area contributed by atoms with Crippen LogP contribution in [0.5, 0.6) is 11.5 Å². The standard InChI is InChI=1S/C64H38N6O/c1-7-21-53-43(14-1)44-15-2-8-22-54(44)68(53)41-28-31-60-51(36-41)64(49-19-6-12-26-59(49)71-60)50-20-13-33-65-62(50)63-52(64)35-40(37-67-63)39-27-30-58-48(34-39)47-18-5-9-23-55(47)69(58)42-29-32-61(66-38-42)70-56-24-10-3-16-45(56)46-17-4-11-25-57(46)70/h1-38H. The van der Waals surface area contributed by atoms with Gasteiger partial charge >= 0.3 is 0 Å². The van der Waals surface area contributed by atoms with Crippen LogP contribution < -0.4 is 4.74 Å². The van der Waals surface area contributed by atoms with E-state index in [1.54, 1.807) is 0 Å². The van der Waals surface area contributed by atoms with E-state index >= 15 is 0 Å². The van der Waals surface area contributed by atoms with Crippen LogP contribution in [0.2, 0.25) is 0 Å². The van der Waals surface area contributed by atoms with Crippen molar-refractivity contribution in [1.82, 2.24) is 28.7 Å². The number of fused-ring (bicyclic) bond motifs is 18. The fraction of sp³-hybridized carbons (Fsp3) is 0.0156. The molecule has 16 rings (SSSR count). The van der Waals surface area contributed by atoms with Gasteiger partial charge in [0, 0.05) is 72.7 Å². The summed E-state index contributed by atoms with van der Waals surface area (Å²) in [6.07, 6.45) is 5.91. The van der Waals surface area contributed by atoms with Crippen LogP contribution in [0.4, 0.5) is 0 Å². The van der Waals surface area contributed by atoms with Gasteiger partial charge in [0.05, 0.1) is 61.8 Å². The van der Waals surface area contributed by atoms with Gasteiger partial charge < -0.3 is 13.9 Å². The summed E-state index contributed by atoms with van der Waals surface area (Å²) < 4.78 is 13.9. The third kappa shape index (κ3) is 5.13. The molecule has 0 saturated heterocycles. The molecular weight excluding hydrogens is 869 g/mol. The van der Waals surface area contributed by atoms with Crippen molar-refractivity contribution in [3.8, 4) is 51.2 Å². The van der Waals surface area contributed by atoms with Crippen molar-refractivity contribution in [3.05, 3.63) is 253 Å². The van der Waals surface area contributed by atoms with Crippen LogP contribution in [0.25, 0.3) is 105 Å². The fourth-order valence-corrected chi connectivity index (χ4v) is 12.3.